The van der Waals surface area contributed by atoms with E-state index in [1.54, 1.807) is 12.1 Å². The predicted octanol–water partition coefficient (Wildman–Crippen LogP) is 2.27. The summed E-state index contributed by atoms with van der Waals surface area (Å²) in [5.41, 5.74) is 0.953. The van der Waals surface area contributed by atoms with E-state index >= 15 is 0 Å². The highest BCUT2D eigenvalue weighted by Crippen LogP contribution is 2.21. The van der Waals surface area contributed by atoms with E-state index in [1.165, 1.54) is 12.1 Å². The molecule has 1 amide bonds. The Morgan fingerprint density at radius 2 is 2.00 bits per heavy atom. The minimum Gasteiger partial charge on any atom is -0.396 e. The average Bonchev–Trinajstić information content (AvgIpc) is 2.68. The zero-order valence-corrected chi connectivity index (χ0v) is 14.0. The molecule has 0 spiro atoms. The summed E-state index contributed by atoms with van der Waals surface area (Å²) in [6.45, 7) is 7.34. The van der Waals surface area contributed by atoms with Gasteiger partial charge in [-0.15, -0.1) is 0 Å². The van der Waals surface area contributed by atoms with Gasteiger partial charge in [0.25, 0.3) is 0 Å². The number of hydrogen-bond donors (Lipinski definition) is 1. The number of nitrogens with zero attached hydrogens (tertiary/aromatic N) is 2. The van der Waals surface area contributed by atoms with Gasteiger partial charge in [-0.05, 0) is 30.0 Å². The molecular weight excluding hydrogens is 295 g/mol. The van der Waals surface area contributed by atoms with Crippen LogP contribution in [-0.2, 0) is 11.3 Å². The molecule has 1 heterocycles. The third-order valence-corrected chi connectivity index (χ3v) is 4.48. The molecule has 0 radical (unpaired) electrons. The van der Waals surface area contributed by atoms with Crippen LogP contribution in [0.25, 0.3) is 0 Å². The quantitative estimate of drug-likeness (QED) is 0.874. The SMILES string of the molecule is CC(C)[C@H]1CN(CCCO)CCC(=O)N1Cc1ccc(F)cc1. The number of amides is 1. The van der Waals surface area contributed by atoms with Gasteiger partial charge in [0, 0.05) is 45.2 Å². The smallest absolute Gasteiger partial charge is 0.224 e. The van der Waals surface area contributed by atoms with Crippen LogP contribution in [0, 0.1) is 11.7 Å². The first-order valence-corrected chi connectivity index (χ1v) is 8.38. The van der Waals surface area contributed by atoms with Gasteiger partial charge in [0.1, 0.15) is 5.82 Å². The third-order valence-electron chi connectivity index (χ3n) is 4.48. The first-order valence-electron chi connectivity index (χ1n) is 8.38. The van der Waals surface area contributed by atoms with Crippen LogP contribution in [0.4, 0.5) is 4.39 Å². The van der Waals surface area contributed by atoms with Gasteiger partial charge in [0.15, 0.2) is 0 Å². The Morgan fingerprint density at radius 3 is 2.61 bits per heavy atom. The van der Waals surface area contributed by atoms with Gasteiger partial charge in [-0.2, -0.15) is 0 Å². The normalized spacial score (nSPS) is 20.1. The van der Waals surface area contributed by atoms with E-state index in [1.807, 2.05) is 4.90 Å². The molecule has 0 aliphatic carbocycles. The Morgan fingerprint density at radius 1 is 1.30 bits per heavy atom. The lowest BCUT2D eigenvalue weighted by molar-refractivity contribution is -0.134. The van der Waals surface area contributed by atoms with Crippen molar-refractivity contribution in [2.75, 3.05) is 26.2 Å². The van der Waals surface area contributed by atoms with Crippen LogP contribution in [0.5, 0.6) is 0 Å². The van der Waals surface area contributed by atoms with E-state index in [2.05, 4.69) is 18.7 Å². The largest absolute Gasteiger partial charge is 0.396 e. The van der Waals surface area contributed by atoms with Crippen molar-refractivity contribution >= 4 is 5.91 Å². The molecule has 0 unspecified atom stereocenters. The highest BCUT2D eigenvalue weighted by atomic mass is 19.1. The summed E-state index contributed by atoms with van der Waals surface area (Å²) in [7, 11) is 0. The maximum absolute atomic E-state index is 13.1. The molecule has 1 saturated heterocycles. The Labute approximate surface area is 137 Å². The van der Waals surface area contributed by atoms with Gasteiger partial charge in [0.2, 0.25) is 5.91 Å². The minimum atomic E-state index is -0.258. The molecule has 1 atom stereocenters. The molecule has 2 rings (SSSR count). The molecule has 23 heavy (non-hydrogen) atoms. The first-order chi connectivity index (χ1) is 11.0. The molecule has 1 N–H and O–H groups in total. The van der Waals surface area contributed by atoms with Crippen LogP contribution in [0.1, 0.15) is 32.3 Å². The molecule has 1 aliphatic rings. The monoisotopic (exact) mass is 322 g/mol. The Hall–Kier alpha value is -1.46. The fraction of sp³-hybridized carbons (Fsp3) is 0.611. The Bertz CT molecular complexity index is 504. The van der Waals surface area contributed by atoms with Crippen LogP contribution < -0.4 is 0 Å². The topological polar surface area (TPSA) is 43.8 Å². The predicted molar refractivity (Wildman–Crippen MR) is 88.3 cm³/mol. The molecule has 1 fully saturated rings. The summed E-state index contributed by atoms with van der Waals surface area (Å²) in [5, 5.41) is 9.03. The number of aliphatic hydroxyl groups is 1. The van der Waals surface area contributed by atoms with Crippen molar-refractivity contribution in [1.29, 1.82) is 0 Å². The molecule has 1 aromatic carbocycles. The van der Waals surface area contributed by atoms with Gasteiger partial charge in [-0.1, -0.05) is 26.0 Å². The number of carbonyl (C=O) groups is 1. The molecule has 5 heteroatoms. The summed E-state index contributed by atoms with van der Waals surface area (Å²) in [4.78, 5) is 16.8. The Kier molecular flexibility index (Phi) is 6.54. The van der Waals surface area contributed by atoms with Crippen molar-refractivity contribution in [2.24, 2.45) is 5.92 Å². The fourth-order valence-corrected chi connectivity index (χ4v) is 3.10. The molecule has 4 nitrogen and oxygen atoms in total. The van der Waals surface area contributed by atoms with Crippen molar-refractivity contribution in [1.82, 2.24) is 9.80 Å². The zero-order chi connectivity index (χ0) is 16.8. The van der Waals surface area contributed by atoms with Gasteiger partial charge in [-0.25, -0.2) is 4.39 Å². The van der Waals surface area contributed by atoms with Gasteiger partial charge in [0.05, 0.1) is 0 Å². The second-order valence-corrected chi connectivity index (χ2v) is 6.59. The minimum absolute atomic E-state index is 0.133. The molecule has 128 valence electrons. The van der Waals surface area contributed by atoms with Crippen molar-refractivity contribution in [2.45, 2.75) is 39.3 Å². The summed E-state index contributed by atoms with van der Waals surface area (Å²) in [5.74, 6) is 0.236. The lowest BCUT2D eigenvalue weighted by atomic mass is 10.0. The van der Waals surface area contributed by atoms with E-state index in [0.717, 1.165) is 31.6 Å². The molecule has 0 saturated carbocycles. The maximum atomic E-state index is 13.1. The highest BCUT2D eigenvalue weighted by molar-refractivity contribution is 5.77. The van der Waals surface area contributed by atoms with Gasteiger partial charge >= 0.3 is 0 Å². The van der Waals surface area contributed by atoms with E-state index in [-0.39, 0.29) is 24.4 Å². The van der Waals surface area contributed by atoms with Crippen LogP contribution >= 0.6 is 0 Å². The molecule has 0 bridgehead atoms. The molecule has 1 aliphatic heterocycles. The van der Waals surface area contributed by atoms with Crippen molar-refractivity contribution in [3.05, 3.63) is 35.6 Å². The number of carbonyl (C=O) groups excluding carboxylic acids is 1. The van der Waals surface area contributed by atoms with Crippen LogP contribution in [-0.4, -0.2) is 53.1 Å². The van der Waals surface area contributed by atoms with Crippen molar-refractivity contribution < 1.29 is 14.3 Å². The number of halogens is 1. The zero-order valence-electron chi connectivity index (χ0n) is 14.0. The lowest BCUT2D eigenvalue weighted by Gasteiger charge is -2.35. The lowest BCUT2D eigenvalue weighted by Crippen LogP contribution is -2.46. The second-order valence-electron chi connectivity index (χ2n) is 6.59. The van der Waals surface area contributed by atoms with Crippen LogP contribution in [0.3, 0.4) is 0 Å². The number of hydrogen-bond acceptors (Lipinski definition) is 3. The number of rotatable bonds is 6. The summed E-state index contributed by atoms with van der Waals surface area (Å²) < 4.78 is 13.1. The highest BCUT2D eigenvalue weighted by Gasteiger charge is 2.31. The average molecular weight is 322 g/mol. The molecule has 1 aromatic rings. The van der Waals surface area contributed by atoms with Crippen LogP contribution in [0.2, 0.25) is 0 Å². The van der Waals surface area contributed by atoms with E-state index in [4.69, 9.17) is 5.11 Å². The fourth-order valence-electron chi connectivity index (χ4n) is 3.10. The van der Waals surface area contributed by atoms with E-state index < -0.39 is 0 Å². The van der Waals surface area contributed by atoms with E-state index in [9.17, 15) is 9.18 Å². The number of benzene rings is 1. The van der Waals surface area contributed by atoms with E-state index in [0.29, 0.717) is 18.9 Å². The second kappa shape index (κ2) is 8.41. The number of aliphatic hydroxyl groups excluding tert-OH is 1. The molecule has 0 aromatic heterocycles. The Balaban J connectivity index is 2.13. The summed E-state index contributed by atoms with van der Waals surface area (Å²) in [6, 6.07) is 6.50. The standard InChI is InChI=1S/C18H27FN2O2/c1-14(2)17-13-20(9-3-11-22)10-8-18(23)21(17)12-15-4-6-16(19)7-5-15/h4-7,14,17,22H,3,8-13H2,1-2H3/t17-/m1/s1. The van der Waals surface area contributed by atoms with Gasteiger partial charge in [-0.3, -0.25) is 4.79 Å². The van der Waals surface area contributed by atoms with Crippen molar-refractivity contribution in [3.8, 4) is 0 Å². The van der Waals surface area contributed by atoms with Crippen LogP contribution in [0.15, 0.2) is 24.3 Å². The summed E-state index contributed by atoms with van der Waals surface area (Å²) in [6.07, 6.45) is 1.23. The first kappa shape index (κ1) is 17.9. The third kappa shape index (κ3) is 5.01. The van der Waals surface area contributed by atoms with Gasteiger partial charge < -0.3 is 14.9 Å². The summed E-state index contributed by atoms with van der Waals surface area (Å²) >= 11 is 0. The maximum Gasteiger partial charge on any atom is 0.224 e. The molecular formula is C18H27FN2O2. The van der Waals surface area contributed by atoms with Crippen molar-refractivity contribution in [3.63, 3.8) is 0 Å².